The molecule has 3 aromatic carbocycles. The van der Waals surface area contributed by atoms with Gasteiger partial charge in [-0.1, -0.05) is 67.1 Å². The van der Waals surface area contributed by atoms with Crippen LogP contribution in [0.25, 0.3) is 10.9 Å². The fourth-order valence-corrected chi connectivity index (χ4v) is 4.95. The number of carbonyl (C=O) groups excluding carboxylic acids is 1. The number of aromatic nitrogens is 1. The van der Waals surface area contributed by atoms with Crippen LogP contribution >= 0.6 is 0 Å². The monoisotopic (exact) mass is 461 g/mol. The zero-order valence-electron chi connectivity index (χ0n) is 19.0. The quantitative estimate of drug-likeness (QED) is 0.258. The van der Waals surface area contributed by atoms with Crippen molar-refractivity contribution in [2.75, 3.05) is 6.61 Å². The van der Waals surface area contributed by atoms with Crippen LogP contribution in [0.1, 0.15) is 39.7 Å². The summed E-state index contributed by atoms with van der Waals surface area (Å²) < 4.78 is 32.4. The second kappa shape index (κ2) is 9.33. The predicted molar refractivity (Wildman–Crippen MR) is 130 cm³/mol. The van der Waals surface area contributed by atoms with E-state index in [2.05, 4.69) is 6.92 Å². The van der Waals surface area contributed by atoms with Gasteiger partial charge in [0.1, 0.15) is 0 Å². The Morgan fingerprint density at radius 3 is 2.24 bits per heavy atom. The van der Waals surface area contributed by atoms with Crippen molar-refractivity contribution in [2.45, 2.75) is 38.6 Å². The first-order valence-corrected chi connectivity index (χ1v) is 12.4. The van der Waals surface area contributed by atoms with Gasteiger partial charge in [-0.25, -0.2) is 0 Å². The highest BCUT2D eigenvalue weighted by Crippen LogP contribution is 2.28. The molecule has 5 nitrogen and oxygen atoms in total. The number of fused-ring (bicyclic) bond motifs is 1. The lowest BCUT2D eigenvalue weighted by Crippen LogP contribution is -2.13. The van der Waals surface area contributed by atoms with Crippen LogP contribution in [0.5, 0.6) is 0 Å². The minimum Gasteiger partial charge on any atom is -0.342 e. The van der Waals surface area contributed by atoms with Gasteiger partial charge in [0.15, 0.2) is 5.78 Å². The molecule has 0 amide bonds. The molecular weight excluding hydrogens is 434 g/mol. The Morgan fingerprint density at radius 2 is 1.58 bits per heavy atom. The third-order valence-corrected chi connectivity index (χ3v) is 7.27. The minimum absolute atomic E-state index is 0.0332. The van der Waals surface area contributed by atoms with E-state index in [0.717, 1.165) is 28.6 Å². The number of ketones is 1. The van der Waals surface area contributed by atoms with Crippen LogP contribution in [-0.4, -0.2) is 25.4 Å². The van der Waals surface area contributed by atoms with E-state index in [1.54, 1.807) is 24.3 Å². The molecule has 0 bridgehead atoms. The van der Waals surface area contributed by atoms with Gasteiger partial charge in [0.05, 0.1) is 17.1 Å². The number of hydrogen-bond donors (Lipinski definition) is 0. The summed E-state index contributed by atoms with van der Waals surface area (Å²) in [6, 6.07) is 21.9. The molecular formula is C27H27NO4S. The van der Waals surface area contributed by atoms with Crippen LogP contribution < -0.4 is 0 Å². The van der Waals surface area contributed by atoms with Gasteiger partial charge in [0.25, 0.3) is 10.1 Å². The molecule has 0 aliphatic rings. The zero-order valence-corrected chi connectivity index (χ0v) is 19.9. The number of aryl methyl sites for hydroxylation is 2. The average Bonchev–Trinajstić information content (AvgIpc) is 3.10. The van der Waals surface area contributed by atoms with Crippen molar-refractivity contribution in [3.05, 3.63) is 101 Å². The summed E-state index contributed by atoms with van der Waals surface area (Å²) in [7, 11) is -3.85. The van der Waals surface area contributed by atoms with Gasteiger partial charge < -0.3 is 4.57 Å². The minimum atomic E-state index is -3.85. The van der Waals surface area contributed by atoms with Crippen molar-refractivity contribution in [2.24, 2.45) is 0 Å². The summed E-state index contributed by atoms with van der Waals surface area (Å²) >= 11 is 0. The van der Waals surface area contributed by atoms with Crippen LogP contribution in [0.3, 0.4) is 0 Å². The molecule has 4 rings (SSSR count). The van der Waals surface area contributed by atoms with Crippen LogP contribution in [0.4, 0.5) is 0 Å². The molecule has 0 unspecified atom stereocenters. The lowest BCUT2D eigenvalue weighted by molar-refractivity contribution is 0.103. The molecule has 1 heterocycles. The van der Waals surface area contributed by atoms with E-state index in [9.17, 15) is 13.2 Å². The Hall–Kier alpha value is -3.22. The Labute approximate surface area is 194 Å². The average molecular weight is 462 g/mol. The van der Waals surface area contributed by atoms with Crippen molar-refractivity contribution in [1.82, 2.24) is 4.57 Å². The van der Waals surface area contributed by atoms with Crippen molar-refractivity contribution >= 4 is 26.8 Å². The van der Waals surface area contributed by atoms with Crippen LogP contribution in [0.15, 0.2) is 77.7 Å². The second-order valence-corrected chi connectivity index (χ2v) is 9.71. The first-order chi connectivity index (χ1) is 15.8. The molecule has 0 spiro atoms. The summed E-state index contributed by atoms with van der Waals surface area (Å²) in [6.45, 7) is 6.14. The maximum absolute atomic E-state index is 13.4. The third-order valence-electron chi connectivity index (χ3n) is 5.95. The van der Waals surface area contributed by atoms with Gasteiger partial charge in [-0.3, -0.25) is 8.98 Å². The zero-order chi connectivity index (χ0) is 23.6. The van der Waals surface area contributed by atoms with E-state index >= 15 is 0 Å². The van der Waals surface area contributed by atoms with Gasteiger partial charge in [-0.05, 0) is 44.0 Å². The highest BCUT2D eigenvalue weighted by molar-refractivity contribution is 7.86. The number of rotatable bonds is 8. The fraction of sp³-hybridized carbons (Fsp3) is 0.222. The summed E-state index contributed by atoms with van der Waals surface area (Å²) in [5.74, 6) is -0.0432. The maximum atomic E-state index is 13.4. The standard InChI is InChI=1S/C27H27NO4S/c1-4-21-11-13-22(14-12-21)27(29)26-20(3)28(25-8-6-5-7-24(25)26)17-18-32-33(30,31)23-15-9-19(2)10-16-23/h5-16H,4,17-18H2,1-3H3. The van der Waals surface area contributed by atoms with Crippen molar-refractivity contribution in [3.8, 4) is 0 Å². The van der Waals surface area contributed by atoms with E-state index in [0.29, 0.717) is 17.7 Å². The van der Waals surface area contributed by atoms with Gasteiger partial charge in [-0.2, -0.15) is 8.42 Å². The molecule has 0 saturated carbocycles. The lowest BCUT2D eigenvalue weighted by Gasteiger charge is -2.10. The van der Waals surface area contributed by atoms with Gasteiger partial charge in [-0.15, -0.1) is 0 Å². The number of benzene rings is 3. The number of nitrogens with zero attached hydrogens (tertiary/aromatic N) is 1. The summed E-state index contributed by atoms with van der Waals surface area (Å²) in [4.78, 5) is 13.5. The first kappa shape index (κ1) is 23.0. The number of carbonyl (C=O) groups is 1. The molecule has 0 fully saturated rings. The SMILES string of the molecule is CCc1ccc(C(=O)c2c(C)n(CCOS(=O)(=O)c3ccc(C)cc3)c3ccccc23)cc1. The van der Waals surface area contributed by atoms with E-state index in [4.69, 9.17) is 4.18 Å². The smallest absolute Gasteiger partial charge is 0.297 e. The van der Waals surface area contributed by atoms with Crippen LogP contribution in [-0.2, 0) is 27.3 Å². The predicted octanol–water partition coefficient (Wildman–Crippen LogP) is 5.46. The van der Waals surface area contributed by atoms with Crippen molar-refractivity contribution in [3.63, 3.8) is 0 Å². The largest absolute Gasteiger partial charge is 0.342 e. The fourth-order valence-electron chi connectivity index (χ4n) is 4.05. The maximum Gasteiger partial charge on any atom is 0.297 e. The van der Waals surface area contributed by atoms with Crippen LogP contribution in [0.2, 0.25) is 0 Å². The molecule has 0 aliphatic heterocycles. The van der Waals surface area contributed by atoms with Gasteiger partial charge >= 0.3 is 0 Å². The molecule has 0 radical (unpaired) electrons. The number of hydrogen-bond acceptors (Lipinski definition) is 4. The Kier molecular flexibility index (Phi) is 6.49. The lowest BCUT2D eigenvalue weighted by atomic mass is 9.99. The molecule has 6 heteroatoms. The van der Waals surface area contributed by atoms with E-state index < -0.39 is 10.1 Å². The molecule has 4 aromatic rings. The topological polar surface area (TPSA) is 65.4 Å². The van der Waals surface area contributed by atoms with E-state index in [1.165, 1.54) is 5.56 Å². The van der Waals surface area contributed by atoms with Gasteiger partial charge in [0, 0.05) is 28.7 Å². The van der Waals surface area contributed by atoms with E-state index in [1.807, 2.05) is 66.9 Å². The van der Waals surface area contributed by atoms with Gasteiger partial charge in [0.2, 0.25) is 0 Å². The van der Waals surface area contributed by atoms with Crippen molar-refractivity contribution < 1.29 is 17.4 Å². The molecule has 0 saturated heterocycles. The summed E-state index contributed by atoms with van der Waals surface area (Å²) in [6.07, 6.45) is 0.915. The normalized spacial score (nSPS) is 11.7. The highest BCUT2D eigenvalue weighted by atomic mass is 32.2. The molecule has 170 valence electrons. The summed E-state index contributed by atoms with van der Waals surface area (Å²) in [5, 5.41) is 0.848. The Balaban J connectivity index is 1.61. The molecule has 0 atom stereocenters. The number of para-hydroxylation sites is 1. The van der Waals surface area contributed by atoms with E-state index in [-0.39, 0.29) is 17.3 Å². The third kappa shape index (κ3) is 4.63. The highest BCUT2D eigenvalue weighted by Gasteiger charge is 2.22. The Morgan fingerprint density at radius 1 is 0.909 bits per heavy atom. The molecule has 0 N–H and O–H groups in total. The Bertz CT molecular complexity index is 1400. The molecule has 33 heavy (non-hydrogen) atoms. The first-order valence-electron chi connectivity index (χ1n) is 11.0. The summed E-state index contributed by atoms with van der Waals surface area (Å²) in [5.41, 5.74) is 5.09. The van der Waals surface area contributed by atoms with Crippen molar-refractivity contribution in [1.29, 1.82) is 0 Å². The van der Waals surface area contributed by atoms with Crippen LogP contribution in [0, 0.1) is 13.8 Å². The second-order valence-electron chi connectivity index (χ2n) is 8.10. The molecule has 1 aromatic heterocycles. The molecule has 0 aliphatic carbocycles.